The third kappa shape index (κ3) is 3.33. The SMILES string of the molecule is O=C(NC(=S)N1C[C@@H]2C[C@H](C1)c1cccc(=O)n1C2)c1ccc(Br)cc1. The number of fused-ring (bicyclic) bond motifs is 4. The Morgan fingerprint density at radius 2 is 1.88 bits per heavy atom. The minimum atomic E-state index is -0.199. The molecule has 2 bridgehead atoms. The van der Waals surface area contributed by atoms with Gasteiger partial charge in [0.2, 0.25) is 0 Å². The topological polar surface area (TPSA) is 54.3 Å². The highest BCUT2D eigenvalue weighted by Gasteiger charge is 2.35. The molecule has 26 heavy (non-hydrogen) atoms. The Morgan fingerprint density at radius 3 is 2.65 bits per heavy atom. The summed E-state index contributed by atoms with van der Waals surface area (Å²) in [5, 5.41) is 3.30. The first-order valence-corrected chi connectivity index (χ1v) is 9.77. The second-order valence-corrected chi connectivity index (χ2v) is 8.17. The molecule has 2 aromatic rings. The molecule has 0 spiro atoms. The number of hydrogen-bond acceptors (Lipinski definition) is 3. The van der Waals surface area contributed by atoms with E-state index < -0.39 is 0 Å². The summed E-state index contributed by atoms with van der Waals surface area (Å²) >= 11 is 8.86. The molecule has 0 unspecified atom stereocenters. The summed E-state index contributed by atoms with van der Waals surface area (Å²) in [6.07, 6.45) is 1.06. The van der Waals surface area contributed by atoms with E-state index in [1.807, 2.05) is 28.8 Å². The lowest BCUT2D eigenvalue weighted by molar-refractivity contribution is 0.0968. The van der Waals surface area contributed by atoms with Crippen molar-refractivity contribution in [3.63, 3.8) is 0 Å². The lowest BCUT2D eigenvalue weighted by atomic mass is 9.83. The number of thiocarbonyl (C=S) groups is 1. The van der Waals surface area contributed by atoms with Crippen LogP contribution in [0.1, 0.15) is 28.4 Å². The number of carbonyl (C=O) groups excluding carboxylic acids is 1. The van der Waals surface area contributed by atoms with Crippen molar-refractivity contribution in [2.24, 2.45) is 5.92 Å². The Labute approximate surface area is 165 Å². The van der Waals surface area contributed by atoms with Crippen molar-refractivity contribution in [1.29, 1.82) is 0 Å². The molecule has 1 saturated heterocycles. The van der Waals surface area contributed by atoms with Crippen molar-refractivity contribution in [1.82, 2.24) is 14.8 Å². The van der Waals surface area contributed by atoms with Crippen LogP contribution in [0.3, 0.4) is 0 Å². The monoisotopic (exact) mass is 431 g/mol. The number of carbonyl (C=O) groups is 1. The van der Waals surface area contributed by atoms with Gasteiger partial charge in [0, 0.05) is 47.3 Å². The van der Waals surface area contributed by atoms with E-state index in [0.717, 1.165) is 29.7 Å². The van der Waals surface area contributed by atoms with Crippen molar-refractivity contribution in [3.05, 3.63) is 68.5 Å². The molecule has 1 fully saturated rings. The van der Waals surface area contributed by atoms with Crippen LogP contribution in [-0.4, -0.2) is 33.6 Å². The summed E-state index contributed by atoms with van der Waals surface area (Å²) in [4.78, 5) is 26.6. The molecule has 5 nitrogen and oxygen atoms in total. The Balaban J connectivity index is 1.48. The zero-order chi connectivity index (χ0) is 18.3. The zero-order valence-electron chi connectivity index (χ0n) is 14.0. The van der Waals surface area contributed by atoms with Crippen molar-refractivity contribution < 1.29 is 4.79 Å². The first-order chi connectivity index (χ1) is 12.5. The summed E-state index contributed by atoms with van der Waals surface area (Å²) in [7, 11) is 0. The van der Waals surface area contributed by atoms with Gasteiger partial charge in [-0.25, -0.2) is 0 Å². The van der Waals surface area contributed by atoms with Crippen LogP contribution in [0.4, 0.5) is 0 Å². The molecule has 0 saturated carbocycles. The first kappa shape index (κ1) is 17.4. The second-order valence-electron chi connectivity index (χ2n) is 6.87. The number of pyridine rings is 1. The summed E-state index contributed by atoms with van der Waals surface area (Å²) in [6, 6.07) is 12.6. The van der Waals surface area contributed by atoms with Crippen LogP contribution >= 0.6 is 28.1 Å². The molecule has 2 aliphatic heterocycles. The van der Waals surface area contributed by atoms with Gasteiger partial charge in [-0.15, -0.1) is 0 Å². The van der Waals surface area contributed by atoms with E-state index in [1.54, 1.807) is 18.2 Å². The predicted molar refractivity (Wildman–Crippen MR) is 107 cm³/mol. The van der Waals surface area contributed by atoms with E-state index >= 15 is 0 Å². The van der Waals surface area contributed by atoms with Crippen LogP contribution in [0.15, 0.2) is 51.7 Å². The maximum Gasteiger partial charge on any atom is 0.257 e. The molecule has 0 radical (unpaired) electrons. The molecule has 7 heteroatoms. The highest BCUT2D eigenvalue weighted by atomic mass is 79.9. The number of nitrogens with zero attached hydrogens (tertiary/aromatic N) is 2. The van der Waals surface area contributed by atoms with E-state index in [9.17, 15) is 9.59 Å². The molecule has 1 N–H and O–H groups in total. The number of amides is 1. The van der Waals surface area contributed by atoms with Crippen LogP contribution in [0.25, 0.3) is 0 Å². The fraction of sp³-hybridized carbons (Fsp3) is 0.316. The van der Waals surface area contributed by atoms with Gasteiger partial charge >= 0.3 is 0 Å². The van der Waals surface area contributed by atoms with E-state index in [1.165, 1.54) is 0 Å². The first-order valence-electron chi connectivity index (χ1n) is 8.57. The third-order valence-corrected chi connectivity index (χ3v) is 5.98. The quantitative estimate of drug-likeness (QED) is 0.705. The van der Waals surface area contributed by atoms with Gasteiger partial charge in [0.1, 0.15) is 0 Å². The van der Waals surface area contributed by atoms with Gasteiger partial charge < -0.3 is 9.47 Å². The second kappa shape index (κ2) is 6.96. The number of piperidine rings is 1. The molecule has 0 aliphatic carbocycles. The Hall–Kier alpha value is -1.99. The molecule has 3 heterocycles. The van der Waals surface area contributed by atoms with E-state index in [0.29, 0.717) is 23.1 Å². The standard InChI is InChI=1S/C19H18BrN3O2S/c20-15-6-4-13(5-7-15)18(25)21-19(26)22-9-12-8-14(11-22)16-2-1-3-17(24)23(16)10-12/h1-7,12,14H,8-11H2,(H,21,25,26)/t12-,14+/m0/s1. The van der Waals surface area contributed by atoms with Gasteiger partial charge in [0.15, 0.2) is 5.11 Å². The number of rotatable bonds is 1. The summed E-state index contributed by atoms with van der Waals surface area (Å²) in [5.41, 5.74) is 1.71. The molecular weight excluding hydrogens is 414 g/mol. The Bertz CT molecular complexity index is 925. The van der Waals surface area contributed by atoms with Crippen LogP contribution < -0.4 is 10.9 Å². The predicted octanol–water partition coefficient (Wildman–Crippen LogP) is 2.74. The number of halogens is 1. The molecule has 1 amide bonds. The fourth-order valence-electron chi connectivity index (χ4n) is 3.91. The lowest BCUT2D eigenvalue weighted by Gasteiger charge is -2.43. The van der Waals surface area contributed by atoms with Crippen LogP contribution in [0.2, 0.25) is 0 Å². The minimum absolute atomic E-state index is 0.0665. The average molecular weight is 432 g/mol. The number of aromatic nitrogens is 1. The van der Waals surface area contributed by atoms with Crippen LogP contribution in [0.5, 0.6) is 0 Å². The average Bonchev–Trinajstić information content (AvgIpc) is 2.63. The third-order valence-electron chi connectivity index (χ3n) is 5.09. The smallest absolute Gasteiger partial charge is 0.257 e. The molecular formula is C19H18BrN3O2S. The van der Waals surface area contributed by atoms with Gasteiger partial charge in [0.05, 0.1) is 0 Å². The number of likely N-dealkylation sites (tertiary alicyclic amines) is 1. The highest BCUT2D eigenvalue weighted by molar-refractivity contribution is 9.10. The van der Waals surface area contributed by atoms with E-state index in [-0.39, 0.29) is 17.4 Å². The van der Waals surface area contributed by atoms with Gasteiger partial charge in [-0.3, -0.25) is 14.9 Å². The highest BCUT2D eigenvalue weighted by Crippen LogP contribution is 2.34. The number of nitrogens with one attached hydrogen (secondary N) is 1. The van der Waals surface area contributed by atoms with Gasteiger partial charge in [-0.05, 0) is 54.9 Å². The van der Waals surface area contributed by atoms with Crippen molar-refractivity contribution >= 4 is 39.2 Å². The summed E-state index contributed by atoms with van der Waals surface area (Å²) in [5.74, 6) is 0.428. The zero-order valence-corrected chi connectivity index (χ0v) is 16.4. The Kier molecular flexibility index (Phi) is 4.67. The fourth-order valence-corrected chi connectivity index (χ4v) is 4.42. The summed E-state index contributed by atoms with van der Waals surface area (Å²) < 4.78 is 2.81. The minimum Gasteiger partial charge on any atom is -0.348 e. The molecule has 1 aromatic carbocycles. The number of hydrogen-bond donors (Lipinski definition) is 1. The van der Waals surface area contributed by atoms with Gasteiger partial charge in [0.25, 0.3) is 11.5 Å². The number of benzene rings is 1. The molecule has 1 aromatic heterocycles. The largest absolute Gasteiger partial charge is 0.348 e. The normalized spacial score (nSPS) is 21.0. The van der Waals surface area contributed by atoms with Gasteiger partial charge in [-0.2, -0.15) is 0 Å². The lowest BCUT2D eigenvalue weighted by Crippen LogP contribution is -2.52. The maximum atomic E-state index is 12.4. The van der Waals surface area contributed by atoms with Crippen molar-refractivity contribution in [3.8, 4) is 0 Å². The molecule has 2 aliphatic rings. The molecule has 134 valence electrons. The summed E-state index contributed by atoms with van der Waals surface area (Å²) in [6.45, 7) is 2.20. The van der Waals surface area contributed by atoms with Crippen LogP contribution in [0, 0.1) is 5.92 Å². The molecule has 4 rings (SSSR count). The van der Waals surface area contributed by atoms with Crippen LogP contribution in [-0.2, 0) is 6.54 Å². The van der Waals surface area contributed by atoms with Crippen molar-refractivity contribution in [2.45, 2.75) is 18.9 Å². The van der Waals surface area contributed by atoms with Gasteiger partial charge in [-0.1, -0.05) is 22.0 Å². The van der Waals surface area contributed by atoms with E-state index in [4.69, 9.17) is 12.2 Å². The maximum absolute atomic E-state index is 12.4. The van der Waals surface area contributed by atoms with Crippen molar-refractivity contribution in [2.75, 3.05) is 13.1 Å². The molecule has 2 atom stereocenters. The van der Waals surface area contributed by atoms with E-state index in [2.05, 4.69) is 26.1 Å². The Morgan fingerprint density at radius 1 is 1.12 bits per heavy atom.